The summed E-state index contributed by atoms with van der Waals surface area (Å²) in [5, 5.41) is 0. The Morgan fingerprint density at radius 1 is 1.29 bits per heavy atom. The second kappa shape index (κ2) is 6.85. The molecule has 0 unspecified atom stereocenters. The van der Waals surface area contributed by atoms with Gasteiger partial charge in [0.15, 0.2) is 0 Å². The Labute approximate surface area is 145 Å². The lowest BCUT2D eigenvalue weighted by molar-refractivity contribution is -0.00277. The van der Waals surface area contributed by atoms with Gasteiger partial charge in [0.25, 0.3) is 5.91 Å². The molecule has 1 heterocycles. The normalized spacial score (nSPS) is 29.8. The molecular formula is C20H30N2O2. The highest BCUT2D eigenvalue weighted by Crippen LogP contribution is 2.47. The van der Waals surface area contributed by atoms with Crippen molar-refractivity contribution in [1.29, 1.82) is 0 Å². The molecule has 1 aromatic rings. The minimum Gasteiger partial charge on any atom is -0.381 e. The Balaban J connectivity index is 1.72. The van der Waals surface area contributed by atoms with E-state index in [-0.39, 0.29) is 11.3 Å². The van der Waals surface area contributed by atoms with E-state index in [4.69, 9.17) is 4.74 Å². The minimum atomic E-state index is 0.191. The van der Waals surface area contributed by atoms with Crippen molar-refractivity contribution in [3.8, 4) is 0 Å². The Morgan fingerprint density at radius 3 is 2.62 bits per heavy atom. The van der Waals surface area contributed by atoms with E-state index in [1.54, 1.807) is 0 Å². The van der Waals surface area contributed by atoms with Gasteiger partial charge in [0.05, 0.1) is 6.10 Å². The summed E-state index contributed by atoms with van der Waals surface area (Å²) in [6.45, 7) is 4.10. The number of ether oxygens (including phenoxy) is 1. The third-order valence-electron chi connectivity index (χ3n) is 5.85. The van der Waals surface area contributed by atoms with Gasteiger partial charge in [-0.3, -0.25) is 4.79 Å². The van der Waals surface area contributed by atoms with E-state index in [2.05, 4.69) is 43.0 Å². The molecule has 1 aliphatic carbocycles. The van der Waals surface area contributed by atoms with Crippen LogP contribution >= 0.6 is 0 Å². The minimum absolute atomic E-state index is 0.191. The molecule has 2 fully saturated rings. The molecule has 1 saturated heterocycles. The largest absolute Gasteiger partial charge is 0.381 e. The van der Waals surface area contributed by atoms with Gasteiger partial charge >= 0.3 is 0 Å². The van der Waals surface area contributed by atoms with Crippen LogP contribution in [-0.2, 0) is 11.3 Å². The van der Waals surface area contributed by atoms with Crippen molar-refractivity contribution >= 4 is 5.91 Å². The maximum absolute atomic E-state index is 13.0. The molecule has 3 atom stereocenters. The Hall–Kier alpha value is -1.39. The molecule has 2 aliphatic rings. The van der Waals surface area contributed by atoms with Gasteiger partial charge in [-0.15, -0.1) is 0 Å². The molecule has 132 valence electrons. The number of amides is 1. The van der Waals surface area contributed by atoms with Crippen molar-refractivity contribution < 1.29 is 9.53 Å². The van der Waals surface area contributed by atoms with Crippen LogP contribution in [0.2, 0.25) is 0 Å². The summed E-state index contributed by atoms with van der Waals surface area (Å²) in [5.41, 5.74) is 2.26. The van der Waals surface area contributed by atoms with Crippen molar-refractivity contribution in [3.05, 3.63) is 35.4 Å². The Bertz CT molecular complexity index is 584. The van der Waals surface area contributed by atoms with Gasteiger partial charge in [0.1, 0.15) is 0 Å². The maximum atomic E-state index is 13.0. The molecule has 4 nitrogen and oxygen atoms in total. The Kier molecular flexibility index (Phi) is 4.97. The van der Waals surface area contributed by atoms with Gasteiger partial charge in [-0.05, 0) is 62.9 Å². The molecule has 1 aromatic carbocycles. The topological polar surface area (TPSA) is 32.8 Å². The van der Waals surface area contributed by atoms with Crippen LogP contribution in [0.15, 0.2) is 24.3 Å². The quantitative estimate of drug-likeness (QED) is 0.850. The lowest BCUT2D eigenvalue weighted by Gasteiger charge is -2.42. The fourth-order valence-electron chi connectivity index (χ4n) is 4.51. The molecule has 0 spiro atoms. The summed E-state index contributed by atoms with van der Waals surface area (Å²) in [6, 6.07) is 8.47. The fraction of sp³-hybridized carbons (Fsp3) is 0.650. The number of likely N-dealkylation sites (tertiary alicyclic amines) is 1. The number of rotatable bonds is 4. The van der Waals surface area contributed by atoms with Crippen LogP contribution in [0.1, 0.15) is 48.5 Å². The average Bonchev–Trinajstić information content (AvgIpc) is 2.90. The molecule has 1 amide bonds. The van der Waals surface area contributed by atoms with Crippen LogP contribution in [0.5, 0.6) is 0 Å². The second-order valence-corrected chi connectivity index (χ2v) is 7.99. The number of fused-ring (bicyclic) bond motifs is 1. The summed E-state index contributed by atoms with van der Waals surface area (Å²) in [4.78, 5) is 17.3. The summed E-state index contributed by atoms with van der Waals surface area (Å²) >= 11 is 0. The van der Waals surface area contributed by atoms with Crippen LogP contribution in [0.25, 0.3) is 0 Å². The van der Waals surface area contributed by atoms with Gasteiger partial charge in [-0.25, -0.2) is 0 Å². The Morgan fingerprint density at radius 2 is 2.00 bits per heavy atom. The third kappa shape index (κ3) is 3.35. The number of methoxy groups -OCH3 is 1. The van der Waals surface area contributed by atoms with E-state index in [0.29, 0.717) is 12.1 Å². The highest BCUT2D eigenvalue weighted by molar-refractivity contribution is 5.94. The number of carbonyl (C=O) groups excluding carboxylic acids is 1. The second-order valence-electron chi connectivity index (χ2n) is 7.99. The molecule has 1 aliphatic heterocycles. The van der Waals surface area contributed by atoms with E-state index < -0.39 is 0 Å². The smallest absolute Gasteiger partial charge is 0.254 e. The molecule has 0 radical (unpaired) electrons. The molecule has 0 aromatic heterocycles. The number of hydrogen-bond acceptors (Lipinski definition) is 3. The predicted octanol–water partition coefficient (Wildman–Crippen LogP) is 3.17. The van der Waals surface area contributed by atoms with E-state index in [0.717, 1.165) is 44.3 Å². The van der Waals surface area contributed by atoms with Crippen molar-refractivity contribution in [1.82, 2.24) is 9.80 Å². The molecule has 24 heavy (non-hydrogen) atoms. The highest BCUT2D eigenvalue weighted by atomic mass is 16.5. The van der Waals surface area contributed by atoms with Crippen LogP contribution in [-0.4, -0.2) is 55.6 Å². The zero-order valence-corrected chi connectivity index (χ0v) is 15.4. The van der Waals surface area contributed by atoms with Gasteiger partial charge in [-0.1, -0.05) is 19.1 Å². The zero-order chi connectivity index (χ0) is 17.3. The van der Waals surface area contributed by atoms with Crippen LogP contribution < -0.4 is 0 Å². The van der Waals surface area contributed by atoms with Crippen molar-refractivity contribution in [3.63, 3.8) is 0 Å². The SMILES string of the molecule is CO[C@@H]1CC[C@H]2N(C(=O)c3ccc(CN(C)C)cc3)CC[C@@]2(C)C1. The van der Waals surface area contributed by atoms with Crippen LogP contribution in [0.3, 0.4) is 0 Å². The summed E-state index contributed by atoms with van der Waals surface area (Å²) < 4.78 is 5.58. The first kappa shape index (κ1) is 17.4. The van der Waals surface area contributed by atoms with Crippen LogP contribution in [0.4, 0.5) is 0 Å². The number of carbonyl (C=O) groups is 1. The molecule has 0 N–H and O–H groups in total. The lowest BCUT2D eigenvalue weighted by Crippen LogP contribution is -2.46. The van der Waals surface area contributed by atoms with Gasteiger partial charge < -0.3 is 14.5 Å². The molecule has 1 saturated carbocycles. The fourth-order valence-corrected chi connectivity index (χ4v) is 4.51. The summed E-state index contributed by atoms with van der Waals surface area (Å²) in [7, 11) is 5.92. The van der Waals surface area contributed by atoms with E-state index >= 15 is 0 Å². The third-order valence-corrected chi connectivity index (χ3v) is 5.85. The van der Waals surface area contributed by atoms with Crippen LogP contribution in [0, 0.1) is 5.41 Å². The highest BCUT2D eigenvalue weighted by Gasteiger charge is 2.49. The molecular weight excluding hydrogens is 300 g/mol. The van der Waals surface area contributed by atoms with Gasteiger partial charge in [-0.2, -0.15) is 0 Å². The van der Waals surface area contributed by atoms with Gasteiger partial charge in [0, 0.05) is 31.8 Å². The standard InChI is InChI=1S/C20H30N2O2/c1-20-11-12-22(18(20)10-9-17(13-20)24-4)19(23)16-7-5-15(6-8-16)14-21(2)3/h5-8,17-18H,9-14H2,1-4H3/t17-,18-,20+/m1/s1. The first-order valence-electron chi connectivity index (χ1n) is 9.00. The number of nitrogens with zero attached hydrogens (tertiary/aromatic N) is 2. The zero-order valence-electron chi connectivity index (χ0n) is 15.4. The lowest BCUT2D eigenvalue weighted by atomic mass is 9.71. The predicted molar refractivity (Wildman–Crippen MR) is 96.0 cm³/mol. The first-order chi connectivity index (χ1) is 11.4. The van der Waals surface area contributed by atoms with Crippen molar-refractivity contribution in [2.45, 2.75) is 51.3 Å². The first-order valence-corrected chi connectivity index (χ1v) is 9.00. The molecule has 3 rings (SSSR count). The van der Waals surface area contributed by atoms with Crippen molar-refractivity contribution in [2.24, 2.45) is 5.41 Å². The number of benzene rings is 1. The monoisotopic (exact) mass is 330 g/mol. The van der Waals surface area contributed by atoms with E-state index in [1.165, 1.54) is 5.56 Å². The van der Waals surface area contributed by atoms with Gasteiger partial charge in [0.2, 0.25) is 0 Å². The van der Waals surface area contributed by atoms with E-state index in [1.807, 2.05) is 19.2 Å². The van der Waals surface area contributed by atoms with Crippen molar-refractivity contribution in [2.75, 3.05) is 27.7 Å². The van der Waals surface area contributed by atoms with E-state index in [9.17, 15) is 4.79 Å². The maximum Gasteiger partial charge on any atom is 0.254 e. The molecule has 4 heteroatoms. The summed E-state index contributed by atoms with van der Waals surface area (Å²) in [6.07, 6.45) is 4.62. The average molecular weight is 330 g/mol. The molecule has 0 bridgehead atoms. The number of hydrogen-bond donors (Lipinski definition) is 0. The summed E-state index contributed by atoms with van der Waals surface area (Å²) in [5.74, 6) is 0.191.